The lowest BCUT2D eigenvalue weighted by molar-refractivity contribution is 0.184. The number of aryl methyl sites for hydroxylation is 1. The Hall–Kier alpha value is -2.28. The van der Waals surface area contributed by atoms with Crippen molar-refractivity contribution in [3.8, 4) is 11.5 Å². The molecule has 6 nitrogen and oxygen atoms in total. The van der Waals surface area contributed by atoms with E-state index >= 15 is 0 Å². The van der Waals surface area contributed by atoms with Gasteiger partial charge in [0.2, 0.25) is 0 Å². The quantitative estimate of drug-likeness (QED) is 0.443. The van der Waals surface area contributed by atoms with Crippen LogP contribution in [0.5, 0.6) is 11.5 Å². The second kappa shape index (κ2) is 15.7. The second-order valence-corrected chi connectivity index (χ2v) is 9.29. The van der Waals surface area contributed by atoms with Gasteiger partial charge in [-0.3, -0.25) is 0 Å². The molecule has 2 aliphatic rings. The van der Waals surface area contributed by atoms with Gasteiger partial charge in [-0.1, -0.05) is 18.2 Å². The van der Waals surface area contributed by atoms with Gasteiger partial charge in [0.05, 0.1) is 18.8 Å². The van der Waals surface area contributed by atoms with Crippen LogP contribution in [0.1, 0.15) is 49.1 Å². The van der Waals surface area contributed by atoms with Gasteiger partial charge in [0.25, 0.3) is 0 Å². The van der Waals surface area contributed by atoms with Crippen molar-refractivity contribution in [2.45, 2.75) is 44.9 Å². The lowest BCUT2D eigenvalue weighted by Crippen LogP contribution is -2.33. The first kappa shape index (κ1) is 27.3. The monoisotopic (exact) mass is 484 g/mol. The highest BCUT2D eigenvalue weighted by molar-refractivity contribution is 5.61. The van der Waals surface area contributed by atoms with E-state index in [4.69, 9.17) is 18.9 Å². The molecule has 0 unspecified atom stereocenters. The Morgan fingerprint density at radius 2 is 1.63 bits per heavy atom. The molecule has 2 aliphatic heterocycles. The predicted octanol–water partition coefficient (Wildman–Crippen LogP) is 5.19. The summed E-state index contributed by atoms with van der Waals surface area (Å²) < 4.78 is 21.5. The van der Waals surface area contributed by atoms with Crippen LogP contribution in [0.3, 0.4) is 0 Å². The van der Waals surface area contributed by atoms with Crippen molar-refractivity contribution >= 4 is 5.69 Å². The van der Waals surface area contributed by atoms with E-state index in [-0.39, 0.29) is 0 Å². The van der Waals surface area contributed by atoms with Crippen LogP contribution in [0.15, 0.2) is 42.5 Å². The van der Waals surface area contributed by atoms with E-state index < -0.39 is 0 Å². The smallest absolute Gasteiger partial charge is 0.142 e. The zero-order valence-corrected chi connectivity index (χ0v) is 21.9. The third-order valence-electron chi connectivity index (χ3n) is 6.55. The number of piperidine rings is 1. The minimum Gasteiger partial charge on any atom is -0.494 e. The number of nitrogens with one attached hydrogen (secondary N) is 1. The largest absolute Gasteiger partial charge is 0.494 e. The fourth-order valence-electron chi connectivity index (χ4n) is 4.54. The molecule has 0 spiro atoms. The molecular weight excluding hydrogens is 440 g/mol. The van der Waals surface area contributed by atoms with Crippen LogP contribution in [0.2, 0.25) is 0 Å². The van der Waals surface area contributed by atoms with Gasteiger partial charge in [-0.15, -0.1) is 0 Å². The molecule has 4 rings (SSSR count). The van der Waals surface area contributed by atoms with Crippen LogP contribution in [-0.2, 0) is 9.47 Å². The topological polar surface area (TPSA) is 52.2 Å². The zero-order chi connectivity index (χ0) is 24.7. The molecule has 2 aromatic rings. The maximum atomic E-state index is 5.73. The lowest BCUT2D eigenvalue weighted by atomic mass is 9.90. The van der Waals surface area contributed by atoms with Crippen LogP contribution < -0.4 is 19.7 Å². The van der Waals surface area contributed by atoms with Crippen LogP contribution in [-0.4, -0.2) is 66.8 Å². The van der Waals surface area contributed by atoms with Gasteiger partial charge in [0.1, 0.15) is 18.1 Å². The minimum atomic E-state index is 0.719. The maximum Gasteiger partial charge on any atom is 0.142 e. The molecule has 6 heteroatoms. The molecule has 194 valence electrons. The summed E-state index contributed by atoms with van der Waals surface area (Å²) in [6, 6.07) is 15.0. The maximum absolute atomic E-state index is 5.73. The number of unbranched alkanes of at least 4 members (excludes halogenated alkanes) is 1. The van der Waals surface area contributed by atoms with Gasteiger partial charge < -0.3 is 29.2 Å². The van der Waals surface area contributed by atoms with Crippen molar-refractivity contribution in [2.75, 3.05) is 71.7 Å². The average molecular weight is 485 g/mol. The molecule has 0 bridgehead atoms. The molecule has 1 N–H and O–H groups in total. The third-order valence-corrected chi connectivity index (χ3v) is 6.55. The van der Waals surface area contributed by atoms with Crippen LogP contribution in [0, 0.1) is 6.92 Å². The number of hydrogen-bond acceptors (Lipinski definition) is 6. The predicted molar refractivity (Wildman–Crippen MR) is 143 cm³/mol. The number of methoxy groups -OCH3 is 2. The molecule has 0 radical (unpaired) electrons. The molecule has 0 amide bonds. The van der Waals surface area contributed by atoms with Crippen molar-refractivity contribution in [3.05, 3.63) is 53.6 Å². The van der Waals surface area contributed by atoms with Gasteiger partial charge >= 0.3 is 0 Å². The molecule has 0 saturated carbocycles. The van der Waals surface area contributed by atoms with Gasteiger partial charge in [0.15, 0.2) is 0 Å². The highest BCUT2D eigenvalue weighted by atomic mass is 16.5. The third kappa shape index (κ3) is 9.36. The van der Waals surface area contributed by atoms with E-state index in [9.17, 15) is 0 Å². The Bertz CT molecular complexity index is 837. The van der Waals surface area contributed by atoms with Crippen molar-refractivity contribution in [1.29, 1.82) is 0 Å². The molecule has 2 aromatic carbocycles. The number of hydrogen-bond donors (Lipinski definition) is 1. The van der Waals surface area contributed by atoms with E-state index in [1.54, 1.807) is 14.2 Å². The Morgan fingerprint density at radius 1 is 0.914 bits per heavy atom. The van der Waals surface area contributed by atoms with Crippen molar-refractivity contribution in [2.24, 2.45) is 0 Å². The first-order chi connectivity index (χ1) is 17.2. The number of rotatable bonds is 11. The van der Waals surface area contributed by atoms with E-state index in [0.29, 0.717) is 0 Å². The summed E-state index contributed by atoms with van der Waals surface area (Å²) in [5, 5.41) is 3.41. The van der Waals surface area contributed by atoms with Crippen molar-refractivity contribution in [1.82, 2.24) is 5.32 Å². The summed E-state index contributed by atoms with van der Waals surface area (Å²) in [5.74, 6) is 2.71. The summed E-state index contributed by atoms with van der Waals surface area (Å²) in [5.41, 5.74) is 3.96. The number of fused-ring (bicyclic) bond motifs is 1. The Balaban J connectivity index is 0.000000198. The highest BCUT2D eigenvalue weighted by Gasteiger charge is 2.17. The van der Waals surface area contributed by atoms with E-state index in [1.807, 2.05) is 0 Å². The van der Waals surface area contributed by atoms with Crippen LogP contribution >= 0.6 is 0 Å². The van der Waals surface area contributed by atoms with E-state index in [2.05, 4.69) is 59.6 Å². The molecule has 0 aliphatic carbocycles. The summed E-state index contributed by atoms with van der Waals surface area (Å²) in [6.07, 6.45) is 5.66. The zero-order valence-electron chi connectivity index (χ0n) is 21.9. The Kier molecular flexibility index (Phi) is 12.2. The highest BCUT2D eigenvalue weighted by Crippen LogP contribution is 2.32. The average Bonchev–Trinajstić information content (AvgIpc) is 2.90. The molecule has 0 aromatic heterocycles. The molecule has 1 saturated heterocycles. The molecular formula is C29H44N2O4. The summed E-state index contributed by atoms with van der Waals surface area (Å²) in [7, 11) is 3.48. The summed E-state index contributed by atoms with van der Waals surface area (Å²) in [6.45, 7) is 9.59. The van der Waals surface area contributed by atoms with Gasteiger partial charge in [-0.25, -0.2) is 0 Å². The van der Waals surface area contributed by atoms with Gasteiger partial charge in [0, 0.05) is 34.0 Å². The molecule has 35 heavy (non-hydrogen) atoms. The Labute approximate surface area is 211 Å². The summed E-state index contributed by atoms with van der Waals surface area (Å²) in [4.78, 5) is 2.38. The number of nitrogens with zero attached hydrogens (tertiary/aromatic N) is 1. The fraction of sp³-hybridized carbons (Fsp3) is 0.586. The van der Waals surface area contributed by atoms with Gasteiger partial charge in [-0.2, -0.15) is 0 Å². The minimum absolute atomic E-state index is 0.719. The summed E-state index contributed by atoms with van der Waals surface area (Å²) >= 11 is 0. The standard InChI is InChI=1S/C16H25NO2.C13H19NO2/c1-18-12-2-3-13-19-16-6-4-14(5-7-16)15-8-10-17-11-9-15;1-11-4-5-13-12(10-11)14(7-9-16-13)6-3-8-15-2/h4-7,15,17H,2-3,8-13H2,1H3;4-5,10H,3,6-9H2,1-2H3. The lowest BCUT2D eigenvalue weighted by Gasteiger charge is -2.31. The fourth-order valence-corrected chi connectivity index (χ4v) is 4.54. The molecule has 1 fully saturated rings. The van der Waals surface area contributed by atoms with Crippen LogP contribution in [0.4, 0.5) is 5.69 Å². The molecule has 0 atom stereocenters. The van der Waals surface area contributed by atoms with E-state index in [0.717, 1.165) is 89.3 Å². The number of anilines is 1. The van der Waals surface area contributed by atoms with Crippen molar-refractivity contribution in [3.63, 3.8) is 0 Å². The Morgan fingerprint density at radius 3 is 2.37 bits per heavy atom. The van der Waals surface area contributed by atoms with Crippen LogP contribution in [0.25, 0.3) is 0 Å². The van der Waals surface area contributed by atoms with Gasteiger partial charge in [-0.05, 0) is 93.4 Å². The first-order valence-electron chi connectivity index (χ1n) is 13.1. The number of benzene rings is 2. The second-order valence-electron chi connectivity index (χ2n) is 9.29. The number of ether oxygens (including phenoxy) is 4. The first-order valence-corrected chi connectivity index (χ1v) is 13.1. The SMILES string of the molecule is COCCCCOc1ccc(C2CCNCC2)cc1.COCCCN1CCOc2ccc(C)cc21. The molecule has 2 heterocycles. The van der Waals surface area contributed by atoms with E-state index in [1.165, 1.54) is 29.7 Å². The van der Waals surface area contributed by atoms with Crippen molar-refractivity contribution < 1.29 is 18.9 Å². The normalized spacial score (nSPS) is 15.6.